The molecule has 0 radical (unpaired) electrons. The van der Waals surface area contributed by atoms with Gasteiger partial charge >= 0.3 is 0 Å². The van der Waals surface area contributed by atoms with Crippen LogP contribution in [-0.2, 0) is 6.54 Å². The fourth-order valence-corrected chi connectivity index (χ4v) is 1.77. The number of nitrogen functional groups attached to an aromatic ring is 1. The number of hydrogen-bond acceptors (Lipinski definition) is 3. The van der Waals surface area contributed by atoms with Crippen LogP contribution in [-0.4, -0.2) is 9.55 Å². The average molecular weight is 315 g/mol. The van der Waals surface area contributed by atoms with Crippen molar-refractivity contribution >= 4 is 33.2 Å². The van der Waals surface area contributed by atoms with Gasteiger partial charge in [-0.2, -0.15) is 0 Å². The fourth-order valence-electron chi connectivity index (χ4n) is 1.38. The maximum absolute atomic E-state index is 11.8. The minimum atomic E-state index is -0.326. The van der Waals surface area contributed by atoms with Crippen LogP contribution in [0.1, 0.15) is 5.56 Å². The summed E-state index contributed by atoms with van der Waals surface area (Å²) in [6.07, 6.45) is 1.39. The maximum Gasteiger partial charge on any atom is 0.278 e. The van der Waals surface area contributed by atoms with Crippen molar-refractivity contribution in [2.24, 2.45) is 0 Å². The first kappa shape index (κ1) is 12.1. The molecule has 0 spiro atoms. The summed E-state index contributed by atoms with van der Waals surface area (Å²) in [6.45, 7) is 0.417. The van der Waals surface area contributed by atoms with Crippen LogP contribution in [0.5, 0.6) is 0 Å². The Kier molecular flexibility index (Phi) is 3.49. The third-order valence-electron chi connectivity index (χ3n) is 2.29. The van der Waals surface area contributed by atoms with E-state index in [0.717, 1.165) is 10.0 Å². The predicted octanol–water partition coefficient (Wildman–Crippen LogP) is 2.29. The SMILES string of the molecule is Nc1c(Cl)ncn(Cc2ccc(Br)cc2)c1=O. The zero-order valence-corrected chi connectivity index (χ0v) is 11.1. The predicted molar refractivity (Wildman–Crippen MR) is 71.2 cm³/mol. The highest BCUT2D eigenvalue weighted by atomic mass is 79.9. The van der Waals surface area contributed by atoms with E-state index in [-0.39, 0.29) is 16.4 Å². The topological polar surface area (TPSA) is 60.9 Å². The highest BCUT2D eigenvalue weighted by Crippen LogP contribution is 2.12. The summed E-state index contributed by atoms with van der Waals surface area (Å²) in [5, 5.41) is 0.0436. The van der Waals surface area contributed by atoms with Gasteiger partial charge in [0, 0.05) is 4.47 Å². The van der Waals surface area contributed by atoms with Crippen LogP contribution in [0.2, 0.25) is 5.15 Å². The first-order valence-electron chi connectivity index (χ1n) is 4.83. The van der Waals surface area contributed by atoms with Crippen LogP contribution in [0, 0.1) is 0 Å². The molecule has 0 saturated carbocycles. The average Bonchev–Trinajstić information content (AvgIpc) is 2.33. The number of rotatable bonds is 2. The number of nitrogens with two attached hydrogens (primary N) is 1. The molecule has 6 heteroatoms. The lowest BCUT2D eigenvalue weighted by Gasteiger charge is -2.06. The van der Waals surface area contributed by atoms with Crippen molar-refractivity contribution in [1.82, 2.24) is 9.55 Å². The minimum Gasteiger partial charge on any atom is -0.392 e. The lowest BCUT2D eigenvalue weighted by molar-refractivity contribution is 0.739. The third-order valence-corrected chi connectivity index (χ3v) is 3.12. The molecule has 2 rings (SSSR count). The summed E-state index contributed by atoms with van der Waals surface area (Å²) in [4.78, 5) is 15.6. The zero-order valence-electron chi connectivity index (χ0n) is 8.73. The smallest absolute Gasteiger partial charge is 0.278 e. The molecule has 0 bridgehead atoms. The molecule has 1 aromatic carbocycles. The molecule has 0 saturated heterocycles. The molecule has 0 amide bonds. The van der Waals surface area contributed by atoms with Crippen LogP contribution in [0.3, 0.4) is 0 Å². The van der Waals surface area contributed by atoms with Gasteiger partial charge in [-0.3, -0.25) is 9.36 Å². The molecule has 1 aromatic heterocycles. The second kappa shape index (κ2) is 4.89. The van der Waals surface area contributed by atoms with E-state index in [1.54, 1.807) is 0 Å². The summed E-state index contributed by atoms with van der Waals surface area (Å²) < 4.78 is 2.41. The minimum absolute atomic E-state index is 0.0220. The van der Waals surface area contributed by atoms with E-state index < -0.39 is 0 Å². The Bertz CT molecular complexity index is 595. The number of halogens is 2. The van der Waals surface area contributed by atoms with E-state index in [2.05, 4.69) is 20.9 Å². The molecule has 1 heterocycles. The second-order valence-electron chi connectivity index (χ2n) is 3.51. The highest BCUT2D eigenvalue weighted by molar-refractivity contribution is 9.10. The molecule has 88 valence electrons. The normalized spacial score (nSPS) is 10.5. The molecule has 0 aliphatic rings. The summed E-state index contributed by atoms with van der Waals surface area (Å²) >= 11 is 9.00. The molecular formula is C11H9BrClN3O. The van der Waals surface area contributed by atoms with E-state index in [0.29, 0.717) is 6.54 Å². The standard InChI is InChI=1S/C11H9BrClN3O/c12-8-3-1-7(2-4-8)5-16-6-15-10(13)9(14)11(16)17/h1-4,6H,5,14H2. The first-order chi connectivity index (χ1) is 8.08. The fraction of sp³-hybridized carbons (Fsp3) is 0.0909. The molecule has 0 fully saturated rings. The van der Waals surface area contributed by atoms with Crippen LogP contribution in [0.15, 0.2) is 39.9 Å². The number of aromatic nitrogens is 2. The Balaban J connectivity index is 2.34. The van der Waals surface area contributed by atoms with E-state index in [9.17, 15) is 4.79 Å². The number of hydrogen-bond donors (Lipinski definition) is 1. The second-order valence-corrected chi connectivity index (χ2v) is 4.78. The Labute approximate surface area is 111 Å². The highest BCUT2D eigenvalue weighted by Gasteiger charge is 2.06. The Morgan fingerprint density at radius 1 is 1.35 bits per heavy atom. The first-order valence-corrected chi connectivity index (χ1v) is 6.00. The molecule has 4 nitrogen and oxygen atoms in total. The van der Waals surface area contributed by atoms with Crippen molar-refractivity contribution in [2.75, 3.05) is 5.73 Å². The number of nitrogens with zero attached hydrogens (tertiary/aromatic N) is 2. The van der Waals surface area contributed by atoms with E-state index in [1.807, 2.05) is 24.3 Å². The van der Waals surface area contributed by atoms with Gasteiger partial charge in [0.05, 0.1) is 12.9 Å². The van der Waals surface area contributed by atoms with Crippen molar-refractivity contribution in [2.45, 2.75) is 6.54 Å². The van der Waals surface area contributed by atoms with E-state index in [4.69, 9.17) is 17.3 Å². The van der Waals surface area contributed by atoms with Gasteiger partial charge in [0.25, 0.3) is 5.56 Å². The summed E-state index contributed by atoms with van der Waals surface area (Å²) in [6, 6.07) is 7.66. The van der Waals surface area contributed by atoms with Gasteiger partial charge in [-0.1, -0.05) is 39.7 Å². The van der Waals surface area contributed by atoms with Crippen LogP contribution in [0.25, 0.3) is 0 Å². The van der Waals surface area contributed by atoms with Crippen molar-refractivity contribution < 1.29 is 0 Å². The zero-order chi connectivity index (χ0) is 12.4. The molecule has 0 atom stereocenters. The van der Waals surface area contributed by atoms with Gasteiger partial charge < -0.3 is 5.73 Å². The Morgan fingerprint density at radius 2 is 2.00 bits per heavy atom. The van der Waals surface area contributed by atoms with E-state index >= 15 is 0 Å². The van der Waals surface area contributed by atoms with Crippen molar-refractivity contribution in [3.05, 3.63) is 56.1 Å². The van der Waals surface area contributed by atoms with E-state index in [1.165, 1.54) is 10.9 Å². The molecule has 2 N–H and O–H groups in total. The number of benzene rings is 1. The monoisotopic (exact) mass is 313 g/mol. The Hall–Kier alpha value is -1.33. The van der Waals surface area contributed by atoms with Crippen molar-refractivity contribution in [3.8, 4) is 0 Å². The molecule has 17 heavy (non-hydrogen) atoms. The summed E-state index contributed by atoms with van der Waals surface area (Å²) in [5.74, 6) is 0. The third kappa shape index (κ3) is 2.68. The number of anilines is 1. The van der Waals surface area contributed by atoms with Gasteiger partial charge in [-0.05, 0) is 17.7 Å². The molecule has 0 aliphatic carbocycles. The quantitative estimate of drug-likeness (QED) is 0.865. The van der Waals surface area contributed by atoms with Crippen LogP contribution in [0.4, 0.5) is 5.69 Å². The largest absolute Gasteiger partial charge is 0.392 e. The van der Waals surface area contributed by atoms with Crippen LogP contribution >= 0.6 is 27.5 Å². The van der Waals surface area contributed by atoms with Gasteiger partial charge in [-0.15, -0.1) is 0 Å². The maximum atomic E-state index is 11.8. The molecule has 2 aromatic rings. The lowest BCUT2D eigenvalue weighted by Crippen LogP contribution is -2.24. The van der Waals surface area contributed by atoms with Crippen LogP contribution < -0.4 is 11.3 Å². The van der Waals surface area contributed by atoms with Crippen molar-refractivity contribution in [1.29, 1.82) is 0 Å². The Morgan fingerprint density at radius 3 is 2.65 bits per heavy atom. The lowest BCUT2D eigenvalue weighted by atomic mass is 10.2. The van der Waals surface area contributed by atoms with Gasteiger partial charge in [0.1, 0.15) is 5.69 Å². The molecule has 0 aliphatic heterocycles. The van der Waals surface area contributed by atoms with Gasteiger partial charge in [0.15, 0.2) is 5.15 Å². The molecular weight excluding hydrogens is 305 g/mol. The molecule has 0 unspecified atom stereocenters. The van der Waals surface area contributed by atoms with Gasteiger partial charge in [0.2, 0.25) is 0 Å². The summed E-state index contributed by atoms with van der Waals surface area (Å²) in [7, 11) is 0. The van der Waals surface area contributed by atoms with Crippen molar-refractivity contribution in [3.63, 3.8) is 0 Å². The van der Waals surface area contributed by atoms with Gasteiger partial charge in [-0.25, -0.2) is 4.98 Å². The summed E-state index contributed by atoms with van der Waals surface area (Å²) in [5.41, 5.74) is 6.16.